The van der Waals surface area contributed by atoms with Gasteiger partial charge in [-0.1, -0.05) is 42.5 Å². The van der Waals surface area contributed by atoms with Crippen LogP contribution in [-0.4, -0.2) is 5.91 Å². The van der Waals surface area contributed by atoms with Crippen molar-refractivity contribution in [3.63, 3.8) is 0 Å². The zero-order valence-corrected chi connectivity index (χ0v) is 12.4. The van der Waals surface area contributed by atoms with Crippen molar-refractivity contribution in [3.05, 3.63) is 70.8 Å². The molecule has 3 rings (SSSR count). The molecule has 2 aromatic carbocycles. The van der Waals surface area contributed by atoms with Crippen LogP contribution >= 0.6 is 0 Å². The van der Waals surface area contributed by atoms with Gasteiger partial charge in [0.1, 0.15) is 0 Å². The van der Waals surface area contributed by atoms with Gasteiger partial charge in [0, 0.05) is 0 Å². The second-order valence-electron chi connectivity index (χ2n) is 5.73. The number of amides is 1. The van der Waals surface area contributed by atoms with Crippen molar-refractivity contribution in [2.24, 2.45) is 0 Å². The lowest BCUT2D eigenvalue weighted by molar-refractivity contribution is -0.137. The van der Waals surface area contributed by atoms with Crippen LogP contribution in [0.1, 0.15) is 34.7 Å². The molecule has 1 aliphatic carbocycles. The van der Waals surface area contributed by atoms with E-state index >= 15 is 0 Å². The highest BCUT2D eigenvalue weighted by Crippen LogP contribution is 2.31. The van der Waals surface area contributed by atoms with Gasteiger partial charge in [-0.3, -0.25) is 4.79 Å². The number of rotatable bonds is 3. The maximum absolute atomic E-state index is 12.7. The van der Waals surface area contributed by atoms with E-state index in [1.54, 1.807) is 0 Å². The average Bonchev–Trinajstić information content (AvgIpc) is 2.90. The molecule has 23 heavy (non-hydrogen) atoms. The summed E-state index contributed by atoms with van der Waals surface area (Å²) in [6, 6.07) is 12.8. The molecule has 2 aromatic rings. The number of alkyl halides is 3. The predicted octanol–water partition coefficient (Wildman–Crippen LogP) is 4.05. The first-order valence-corrected chi connectivity index (χ1v) is 7.47. The second-order valence-corrected chi connectivity index (χ2v) is 5.73. The van der Waals surface area contributed by atoms with Gasteiger partial charge in [0.15, 0.2) is 0 Å². The Kier molecular flexibility index (Phi) is 4.11. The molecule has 1 aliphatic rings. The summed E-state index contributed by atoms with van der Waals surface area (Å²) < 4.78 is 38.1. The lowest BCUT2D eigenvalue weighted by Crippen LogP contribution is -2.28. The summed E-state index contributed by atoms with van der Waals surface area (Å²) in [4.78, 5) is 12.1. The zero-order chi connectivity index (χ0) is 16.4. The maximum Gasteiger partial charge on any atom is 0.416 e. The van der Waals surface area contributed by atoms with E-state index in [1.807, 2.05) is 24.3 Å². The molecule has 120 valence electrons. The summed E-state index contributed by atoms with van der Waals surface area (Å²) in [7, 11) is 0. The molecule has 0 fully saturated rings. The Morgan fingerprint density at radius 3 is 2.70 bits per heavy atom. The van der Waals surface area contributed by atoms with Crippen molar-refractivity contribution in [1.82, 2.24) is 5.32 Å². The van der Waals surface area contributed by atoms with Gasteiger partial charge < -0.3 is 5.32 Å². The van der Waals surface area contributed by atoms with Gasteiger partial charge in [0.25, 0.3) is 0 Å². The number of fused-ring (bicyclic) bond motifs is 1. The Hall–Kier alpha value is -2.30. The van der Waals surface area contributed by atoms with Crippen LogP contribution in [0.3, 0.4) is 0 Å². The Morgan fingerprint density at radius 1 is 1.13 bits per heavy atom. The van der Waals surface area contributed by atoms with E-state index in [4.69, 9.17) is 0 Å². The summed E-state index contributed by atoms with van der Waals surface area (Å²) in [6.45, 7) is 0. The van der Waals surface area contributed by atoms with Crippen LogP contribution in [0.2, 0.25) is 0 Å². The minimum absolute atomic E-state index is 0.0514. The van der Waals surface area contributed by atoms with E-state index in [2.05, 4.69) is 5.32 Å². The maximum atomic E-state index is 12.7. The summed E-state index contributed by atoms with van der Waals surface area (Å²) in [5.41, 5.74) is 1.96. The minimum atomic E-state index is -4.39. The zero-order valence-electron chi connectivity index (χ0n) is 12.4. The molecule has 2 nitrogen and oxygen atoms in total. The molecule has 5 heteroatoms. The number of halogens is 3. The van der Waals surface area contributed by atoms with Gasteiger partial charge in [-0.25, -0.2) is 0 Å². The Labute approximate surface area is 132 Å². The molecular formula is C18H16F3NO. The number of nitrogens with one attached hydrogen (secondary N) is 1. The van der Waals surface area contributed by atoms with Crippen molar-refractivity contribution in [2.75, 3.05) is 0 Å². The third-order valence-corrected chi connectivity index (χ3v) is 4.09. The highest BCUT2D eigenvalue weighted by atomic mass is 19.4. The van der Waals surface area contributed by atoms with Gasteiger partial charge in [-0.05, 0) is 35.6 Å². The van der Waals surface area contributed by atoms with E-state index in [0.717, 1.165) is 30.5 Å². The SMILES string of the molecule is O=C(Cc1cccc(C(F)(F)F)c1)N[C@@H]1CCc2ccccc21. The first-order chi connectivity index (χ1) is 10.9. The Morgan fingerprint density at radius 2 is 1.91 bits per heavy atom. The third-order valence-electron chi connectivity index (χ3n) is 4.09. The molecule has 0 spiro atoms. The molecule has 0 saturated heterocycles. The number of hydrogen-bond acceptors (Lipinski definition) is 1. The van der Waals surface area contributed by atoms with Crippen molar-refractivity contribution in [3.8, 4) is 0 Å². The molecule has 0 aromatic heterocycles. The summed E-state index contributed by atoms with van der Waals surface area (Å²) in [5, 5.41) is 2.92. The van der Waals surface area contributed by atoms with Crippen molar-refractivity contribution < 1.29 is 18.0 Å². The highest BCUT2D eigenvalue weighted by molar-refractivity contribution is 5.79. The van der Waals surface area contributed by atoms with Crippen LogP contribution in [0.25, 0.3) is 0 Å². The van der Waals surface area contributed by atoms with E-state index in [0.29, 0.717) is 5.56 Å². The lowest BCUT2D eigenvalue weighted by atomic mass is 10.1. The number of carbonyl (C=O) groups is 1. The van der Waals surface area contributed by atoms with Gasteiger partial charge in [-0.2, -0.15) is 13.2 Å². The van der Waals surface area contributed by atoms with Crippen LogP contribution in [0, 0.1) is 0 Å². The van der Waals surface area contributed by atoms with Crippen molar-refractivity contribution in [1.29, 1.82) is 0 Å². The van der Waals surface area contributed by atoms with E-state index in [-0.39, 0.29) is 18.4 Å². The second kappa shape index (κ2) is 6.07. The van der Waals surface area contributed by atoms with Crippen LogP contribution in [0.5, 0.6) is 0 Å². The molecule has 1 N–H and O–H groups in total. The molecule has 0 saturated carbocycles. The molecular weight excluding hydrogens is 303 g/mol. The Bertz CT molecular complexity index is 724. The average molecular weight is 319 g/mol. The lowest BCUT2D eigenvalue weighted by Gasteiger charge is -2.14. The molecule has 0 bridgehead atoms. The molecule has 1 atom stereocenters. The molecule has 0 radical (unpaired) electrons. The van der Waals surface area contributed by atoms with Crippen molar-refractivity contribution >= 4 is 5.91 Å². The minimum Gasteiger partial charge on any atom is -0.349 e. The van der Waals surface area contributed by atoms with Gasteiger partial charge in [-0.15, -0.1) is 0 Å². The van der Waals surface area contributed by atoms with E-state index < -0.39 is 11.7 Å². The van der Waals surface area contributed by atoms with E-state index in [9.17, 15) is 18.0 Å². The van der Waals surface area contributed by atoms with Crippen LogP contribution in [0.15, 0.2) is 48.5 Å². The fourth-order valence-electron chi connectivity index (χ4n) is 3.00. The summed E-state index contributed by atoms with van der Waals surface area (Å²) >= 11 is 0. The normalized spacial score (nSPS) is 16.9. The molecule has 1 amide bonds. The number of hydrogen-bond donors (Lipinski definition) is 1. The standard InChI is InChI=1S/C18H16F3NO/c19-18(20,21)14-6-3-4-12(10-14)11-17(23)22-16-9-8-13-5-1-2-7-15(13)16/h1-7,10,16H,8-9,11H2,(H,22,23)/t16-/m1/s1. The molecule has 0 unspecified atom stereocenters. The van der Waals surface area contributed by atoms with Crippen LogP contribution < -0.4 is 5.32 Å². The van der Waals surface area contributed by atoms with Gasteiger partial charge >= 0.3 is 6.18 Å². The predicted molar refractivity (Wildman–Crippen MR) is 80.8 cm³/mol. The molecule has 0 aliphatic heterocycles. The largest absolute Gasteiger partial charge is 0.416 e. The van der Waals surface area contributed by atoms with E-state index in [1.165, 1.54) is 17.7 Å². The van der Waals surface area contributed by atoms with Crippen molar-refractivity contribution in [2.45, 2.75) is 31.5 Å². The molecule has 0 heterocycles. The number of benzene rings is 2. The Balaban J connectivity index is 1.67. The van der Waals surface area contributed by atoms with Crippen LogP contribution in [-0.2, 0) is 23.8 Å². The topological polar surface area (TPSA) is 29.1 Å². The van der Waals surface area contributed by atoms with Crippen LogP contribution in [0.4, 0.5) is 13.2 Å². The number of aryl methyl sites for hydroxylation is 1. The fraction of sp³-hybridized carbons (Fsp3) is 0.278. The summed E-state index contributed by atoms with van der Waals surface area (Å²) in [5.74, 6) is -0.258. The number of carbonyl (C=O) groups excluding carboxylic acids is 1. The quantitative estimate of drug-likeness (QED) is 0.908. The first kappa shape index (κ1) is 15.6. The van der Waals surface area contributed by atoms with Gasteiger partial charge in [0.2, 0.25) is 5.91 Å². The first-order valence-electron chi connectivity index (χ1n) is 7.47. The smallest absolute Gasteiger partial charge is 0.349 e. The fourth-order valence-corrected chi connectivity index (χ4v) is 3.00. The summed E-state index contributed by atoms with van der Waals surface area (Å²) in [6.07, 6.45) is -2.71. The van der Waals surface area contributed by atoms with Gasteiger partial charge in [0.05, 0.1) is 18.0 Å². The third kappa shape index (κ3) is 3.55. The monoisotopic (exact) mass is 319 g/mol. The highest BCUT2D eigenvalue weighted by Gasteiger charge is 2.30.